The Kier molecular flexibility index (Phi) is 6.45. The van der Waals surface area contributed by atoms with Gasteiger partial charge < -0.3 is 14.5 Å². The van der Waals surface area contributed by atoms with Gasteiger partial charge in [-0.05, 0) is 36.8 Å². The summed E-state index contributed by atoms with van der Waals surface area (Å²) in [5.41, 5.74) is 1.59. The van der Waals surface area contributed by atoms with Gasteiger partial charge in [0.1, 0.15) is 16.3 Å². The van der Waals surface area contributed by atoms with Crippen molar-refractivity contribution in [3.63, 3.8) is 0 Å². The second-order valence-corrected chi connectivity index (χ2v) is 12.6. The summed E-state index contributed by atoms with van der Waals surface area (Å²) in [4.78, 5) is 15.2. The number of hydrogen-bond acceptors (Lipinski definition) is 6. The van der Waals surface area contributed by atoms with E-state index in [0.717, 1.165) is 11.1 Å². The molecule has 1 aliphatic rings. The van der Waals surface area contributed by atoms with Crippen LogP contribution in [0.5, 0.6) is 5.75 Å². The SMILES string of the molecule is Cc1noc(C)c1S(=O)(=O)N1CCN(C(=O)c2cc(C(C)(C)C)c(O)c(C(C)(C)C)c2)CC1. The van der Waals surface area contributed by atoms with Crippen LogP contribution in [0.15, 0.2) is 21.6 Å². The van der Waals surface area contributed by atoms with E-state index in [1.807, 2.05) is 41.5 Å². The van der Waals surface area contributed by atoms with Gasteiger partial charge in [-0.1, -0.05) is 46.7 Å². The maximum Gasteiger partial charge on any atom is 0.253 e. The van der Waals surface area contributed by atoms with E-state index in [4.69, 9.17) is 4.52 Å². The van der Waals surface area contributed by atoms with E-state index in [9.17, 15) is 18.3 Å². The van der Waals surface area contributed by atoms with Gasteiger partial charge in [0.05, 0.1) is 0 Å². The predicted octanol–water partition coefficient (Wildman–Crippen LogP) is 3.74. The number of phenolic OH excluding ortho intramolecular Hbond substituents is 1. The number of carbonyl (C=O) groups is 1. The van der Waals surface area contributed by atoms with Crippen LogP contribution in [-0.4, -0.2) is 60.0 Å². The Morgan fingerprint density at radius 3 is 1.85 bits per heavy atom. The first-order valence-corrected chi connectivity index (χ1v) is 12.6. The Bertz CT molecular complexity index is 1110. The molecule has 0 saturated carbocycles. The van der Waals surface area contributed by atoms with E-state index in [0.29, 0.717) is 11.3 Å². The second kappa shape index (κ2) is 8.43. The van der Waals surface area contributed by atoms with E-state index in [1.165, 1.54) is 4.31 Å². The minimum atomic E-state index is -3.75. The van der Waals surface area contributed by atoms with Gasteiger partial charge >= 0.3 is 0 Å². The highest BCUT2D eigenvalue weighted by molar-refractivity contribution is 7.89. The number of piperazine rings is 1. The number of aromatic hydroxyl groups is 1. The summed E-state index contributed by atoms with van der Waals surface area (Å²) >= 11 is 0. The van der Waals surface area contributed by atoms with Gasteiger partial charge in [-0.15, -0.1) is 0 Å². The van der Waals surface area contributed by atoms with E-state index < -0.39 is 10.0 Å². The molecule has 9 heteroatoms. The van der Waals surface area contributed by atoms with E-state index in [1.54, 1.807) is 30.9 Å². The van der Waals surface area contributed by atoms with Crippen molar-refractivity contribution >= 4 is 15.9 Å². The molecule has 0 spiro atoms. The number of carbonyl (C=O) groups excluding carboxylic acids is 1. The predicted molar refractivity (Wildman–Crippen MR) is 126 cm³/mol. The molecular formula is C24H35N3O5S. The zero-order valence-electron chi connectivity index (χ0n) is 20.8. The summed E-state index contributed by atoms with van der Waals surface area (Å²) < 4.78 is 32.6. The van der Waals surface area contributed by atoms with Crippen molar-refractivity contribution in [3.05, 3.63) is 40.3 Å². The Labute approximate surface area is 196 Å². The zero-order valence-corrected chi connectivity index (χ0v) is 21.6. The van der Waals surface area contributed by atoms with Crippen LogP contribution in [0.1, 0.15) is 74.5 Å². The summed E-state index contributed by atoms with van der Waals surface area (Å²) in [5.74, 6) is 0.321. The van der Waals surface area contributed by atoms with Crippen molar-refractivity contribution in [3.8, 4) is 5.75 Å². The van der Waals surface area contributed by atoms with Crippen molar-refractivity contribution < 1.29 is 22.8 Å². The first-order valence-electron chi connectivity index (χ1n) is 11.2. The van der Waals surface area contributed by atoms with Crippen molar-refractivity contribution in [1.82, 2.24) is 14.4 Å². The molecule has 3 rings (SSSR count). The van der Waals surface area contributed by atoms with Crippen LogP contribution in [0.2, 0.25) is 0 Å². The average molecular weight is 478 g/mol. The van der Waals surface area contributed by atoms with E-state index >= 15 is 0 Å². The lowest BCUT2D eigenvalue weighted by Gasteiger charge is -2.34. The quantitative estimate of drug-likeness (QED) is 0.722. The van der Waals surface area contributed by atoms with Gasteiger partial charge in [-0.3, -0.25) is 4.79 Å². The molecule has 0 unspecified atom stereocenters. The van der Waals surface area contributed by atoms with Gasteiger partial charge in [0.15, 0.2) is 5.76 Å². The first kappa shape index (κ1) is 25.2. The molecule has 0 radical (unpaired) electrons. The van der Waals surface area contributed by atoms with Crippen molar-refractivity contribution in [2.24, 2.45) is 0 Å². The van der Waals surface area contributed by atoms with Crippen molar-refractivity contribution in [2.75, 3.05) is 26.2 Å². The highest BCUT2D eigenvalue weighted by Crippen LogP contribution is 2.40. The molecule has 0 aliphatic carbocycles. The molecule has 2 heterocycles. The third kappa shape index (κ3) is 4.80. The standard InChI is InChI=1S/C24H35N3O5S/c1-15-21(16(2)32-25-15)33(30,31)27-11-9-26(10-12-27)22(29)17-13-18(23(3,4)5)20(28)19(14-17)24(6,7)8/h13-14,28H,9-12H2,1-8H3. The third-order valence-electron chi connectivity index (χ3n) is 6.06. The average Bonchev–Trinajstić information content (AvgIpc) is 3.04. The second-order valence-electron chi connectivity index (χ2n) is 10.8. The zero-order chi connectivity index (χ0) is 24.9. The molecule has 0 atom stereocenters. The topological polar surface area (TPSA) is 104 Å². The van der Waals surface area contributed by atoms with Crippen LogP contribution in [0.4, 0.5) is 0 Å². The molecule has 1 fully saturated rings. The fraction of sp³-hybridized carbons (Fsp3) is 0.583. The van der Waals surface area contributed by atoms with Gasteiger partial charge in [0.25, 0.3) is 5.91 Å². The molecule has 8 nitrogen and oxygen atoms in total. The molecule has 1 aromatic heterocycles. The van der Waals surface area contributed by atoms with Gasteiger partial charge in [-0.25, -0.2) is 8.42 Å². The number of aryl methyl sites for hydroxylation is 2. The van der Waals surface area contributed by atoms with Gasteiger partial charge in [0.2, 0.25) is 10.0 Å². The molecule has 2 aromatic rings. The Morgan fingerprint density at radius 1 is 0.970 bits per heavy atom. The lowest BCUT2D eigenvalue weighted by atomic mass is 9.78. The molecule has 182 valence electrons. The molecule has 1 amide bonds. The Hall–Kier alpha value is -2.39. The maximum atomic E-state index is 13.4. The number of sulfonamides is 1. The molecule has 1 N–H and O–H groups in total. The smallest absolute Gasteiger partial charge is 0.253 e. The normalized spacial score (nSPS) is 16.3. The van der Waals surface area contributed by atoms with Crippen molar-refractivity contribution in [2.45, 2.75) is 71.1 Å². The highest BCUT2D eigenvalue weighted by Gasteiger charge is 2.35. The van der Waals surface area contributed by atoms with Crippen LogP contribution >= 0.6 is 0 Å². The lowest BCUT2D eigenvalue weighted by Crippen LogP contribution is -2.50. The maximum absolute atomic E-state index is 13.4. The number of nitrogens with zero attached hydrogens (tertiary/aromatic N) is 3. The Balaban J connectivity index is 1.87. The number of hydrogen-bond donors (Lipinski definition) is 1. The largest absolute Gasteiger partial charge is 0.507 e. The van der Waals surface area contributed by atoms with Crippen LogP contribution in [0, 0.1) is 13.8 Å². The fourth-order valence-electron chi connectivity index (χ4n) is 4.19. The summed E-state index contributed by atoms with van der Waals surface area (Å²) in [5, 5.41) is 14.7. The molecule has 33 heavy (non-hydrogen) atoms. The van der Waals surface area contributed by atoms with Crippen LogP contribution in [-0.2, 0) is 20.9 Å². The minimum absolute atomic E-state index is 0.102. The van der Waals surface area contributed by atoms with Crippen LogP contribution in [0.3, 0.4) is 0 Å². The number of phenols is 1. The van der Waals surface area contributed by atoms with Crippen molar-refractivity contribution in [1.29, 1.82) is 0 Å². The molecule has 0 bridgehead atoms. The third-order valence-corrected chi connectivity index (χ3v) is 8.21. The molecule has 1 aromatic carbocycles. The summed E-state index contributed by atoms with van der Waals surface area (Å²) in [6.45, 7) is 16.1. The first-order chi connectivity index (χ1) is 15.0. The van der Waals surface area contributed by atoms with Gasteiger partial charge in [0, 0.05) is 42.9 Å². The highest BCUT2D eigenvalue weighted by atomic mass is 32.2. The summed E-state index contributed by atoms with van der Waals surface area (Å²) in [6, 6.07) is 3.53. The number of aromatic nitrogens is 1. The minimum Gasteiger partial charge on any atom is -0.507 e. The number of rotatable bonds is 3. The molecule has 1 saturated heterocycles. The number of amides is 1. The summed E-state index contributed by atoms with van der Waals surface area (Å²) in [7, 11) is -3.75. The lowest BCUT2D eigenvalue weighted by molar-refractivity contribution is 0.0697. The molecular weight excluding hydrogens is 442 g/mol. The number of benzene rings is 1. The molecule has 1 aliphatic heterocycles. The summed E-state index contributed by atoms with van der Waals surface area (Å²) in [6.07, 6.45) is 0. The Morgan fingerprint density at radius 2 is 1.45 bits per heavy atom. The van der Waals surface area contributed by atoms with E-state index in [-0.39, 0.29) is 59.3 Å². The van der Waals surface area contributed by atoms with Gasteiger partial charge in [-0.2, -0.15) is 4.31 Å². The van der Waals surface area contributed by atoms with E-state index in [2.05, 4.69) is 5.16 Å². The van der Waals surface area contributed by atoms with Crippen LogP contribution < -0.4 is 0 Å². The monoisotopic (exact) mass is 477 g/mol. The van der Waals surface area contributed by atoms with Crippen LogP contribution in [0.25, 0.3) is 0 Å². The fourth-order valence-corrected chi connectivity index (χ4v) is 5.90.